The second-order valence-electron chi connectivity index (χ2n) is 8.80. The average Bonchev–Trinajstić information content (AvgIpc) is 2.86. The van der Waals surface area contributed by atoms with Crippen molar-refractivity contribution in [2.75, 3.05) is 57.0 Å². The molecule has 4 aromatic rings. The number of anilines is 2. The molecule has 1 aromatic heterocycles. The molecule has 0 amide bonds. The number of sulfonamides is 1. The maximum absolute atomic E-state index is 13.2. The molecule has 0 spiro atoms. The summed E-state index contributed by atoms with van der Waals surface area (Å²) in [6.07, 6.45) is 1.77. The first-order valence-corrected chi connectivity index (χ1v) is 13.9. The van der Waals surface area contributed by atoms with Gasteiger partial charge in [-0.25, -0.2) is 13.1 Å². The quantitative estimate of drug-likeness (QED) is 0.292. The third-order valence-corrected chi connectivity index (χ3v) is 8.00. The van der Waals surface area contributed by atoms with E-state index in [4.69, 9.17) is 11.6 Å². The molecule has 1 heterocycles. The van der Waals surface area contributed by atoms with Crippen LogP contribution in [0.3, 0.4) is 0 Å². The lowest BCUT2D eigenvalue weighted by Gasteiger charge is -2.21. The predicted molar refractivity (Wildman–Crippen MR) is 151 cm³/mol. The predicted octanol–water partition coefficient (Wildman–Crippen LogP) is 4.82. The number of nitrogens with one attached hydrogen (secondary N) is 2. The number of hydrogen-bond donors (Lipinski definition) is 2. The SMILES string of the molecule is CCN(CCNc1ccnc2cc(Cl)ccc12)CCNS(=O)(=O)c1cccc2c(N(C)C)cccc12. The van der Waals surface area contributed by atoms with E-state index in [0.29, 0.717) is 23.0 Å². The summed E-state index contributed by atoms with van der Waals surface area (Å²) in [6, 6.07) is 18.8. The Hall–Kier alpha value is -2.91. The van der Waals surface area contributed by atoms with Crippen molar-refractivity contribution in [3.63, 3.8) is 0 Å². The number of pyridine rings is 1. The Balaban J connectivity index is 1.36. The normalized spacial score (nSPS) is 11.9. The molecule has 0 saturated heterocycles. The Bertz CT molecular complexity index is 1460. The zero-order valence-electron chi connectivity index (χ0n) is 20.8. The molecule has 9 heteroatoms. The third kappa shape index (κ3) is 5.90. The molecule has 7 nitrogen and oxygen atoms in total. The van der Waals surface area contributed by atoms with Gasteiger partial charge in [-0.1, -0.05) is 42.8 Å². The van der Waals surface area contributed by atoms with E-state index >= 15 is 0 Å². The number of aromatic nitrogens is 1. The number of halogens is 1. The second-order valence-corrected chi connectivity index (χ2v) is 11.0. The molecule has 3 aromatic carbocycles. The molecule has 0 aliphatic rings. The van der Waals surface area contributed by atoms with Gasteiger partial charge in [-0.05, 0) is 42.9 Å². The molecular formula is C27H32ClN5O2S. The van der Waals surface area contributed by atoms with Gasteiger partial charge in [-0.2, -0.15) is 0 Å². The summed E-state index contributed by atoms with van der Waals surface area (Å²) in [5, 5.41) is 6.79. The van der Waals surface area contributed by atoms with Crippen LogP contribution in [-0.4, -0.2) is 65.1 Å². The molecule has 0 aliphatic carbocycles. The van der Waals surface area contributed by atoms with Gasteiger partial charge < -0.3 is 15.1 Å². The van der Waals surface area contributed by atoms with Crippen LogP contribution in [-0.2, 0) is 10.0 Å². The molecule has 0 unspecified atom stereocenters. The Labute approximate surface area is 218 Å². The number of benzene rings is 3. The highest BCUT2D eigenvalue weighted by Crippen LogP contribution is 2.30. The maximum Gasteiger partial charge on any atom is 0.241 e. The van der Waals surface area contributed by atoms with Crippen molar-refractivity contribution < 1.29 is 8.42 Å². The van der Waals surface area contributed by atoms with Crippen molar-refractivity contribution in [2.24, 2.45) is 0 Å². The van der Waals surface area contributed by atoms with Gasteiger partial charge in [0.25, 0.3) is 0 Å². The molecule has 0 fully saturated rings. The molecule has 2 N–H and O–H groups in total. The van der Waals surface area contributed by atoms with Crippen LogP contribution in [0.15, 0.2) is 71.8 Å². The smallest absolute Gasteiger partial charge is 0.241 e. The Kier molecular flexibility index (Phi) is 8.31. The van der Waals surface area contributed by atoms with Crippen molar-refractivity contribution in [1.82, 2.24) is 14.6 Å². The van der Waals surface area contributed by atoms with Gasteiger partial charge in [-0.3, -0.25) is 4.98 Å². The number of likely N-dealkylation sites (N-methyl/N-ethyl adjacent to an activating group) is 1. The van der Waals surface area contributed by atoms with E-state index in [1.54, 1.807) is 18.3 Å². The molecule has 190 valence electrons. The van der Waals surface area contributed by atoms with E-state index in [2.05, 4.69) is 26.8 Å². The minimum absolute atomic E-state index is 0.304. The lowest BCUT2D eigenvalue weighted by atomic mass is 10.1. The van der Waals surface area contributed by atoms with Crippen LogP contribution >= 0.6 is 11.6 Å². The first-order valence-electron chi connectivity index (χ1n) is 12.0. The van der Waals surface area contributed by atoms with Crippen molar-refractivity contribution in [3.8, 4) is 0 Å². The zero-order valence-corrected chi connectivity index (χ0v) is 22.4. The van der Waals surface area contributed by atoms with Gasteiger partial charge in [0.1, 0.15) is 0 Å². The lowest BCUT2D eigenvalue weighted by Crippen LogP contribution is -2.37. The highest BCUT2D eigenvalue weighted by Gasteiger charge is 2.18. The molecule has 0 bridgehead atoms. The molecule has 36 heavy (non-hydrogen) atoms. The summed E-state index contributed by atoms with van der Waals surface area (Å²) in [5.41, 5.74) is 2.83. The standard InChI is InChI=1S/C27H32ClN5O2S/c1-4-33(17-15-30-24-13-14-29-25-19-20(28)11-12-23(24)25)18-16-31-36(34,35)27-10-6-7-21-22(27)8-5-9-26(21)32(2)3/h5-14,19,31H,4,15-18H2,1-3H3,(H,29,30). The molecule has 0 atom stereocenters. The first kappa shape index (κ1) is 26.2. The number of nitrogens with zero attached hydrogens (tertiary/aromatic N) is 3. The van der Waals surface area contributed by atoms with Crippen LogP contribution in [0, 0.1) is 0 Å². The van der Waals surface area contributed by atoms with E-state index in [9.17, 15) is 8.42 Å². The van der Waals surface area contributed by atoms with Crippen LogP contribution in [0.5, 0.6) is 0 Å². The van der Waals surface area contributed by atoms with Gasteiger partial charge in [0, 0.05) is 79.0 Å². The lowest BCUT2D eigenvalue weighted by molar-refractivity contribution is 0.304. The number of hydrogen-bond acceptors (Lipinski definition) is 6. The van der Waals surface area contributed by atoms with E-state index in [0.717, 1.165) is 52.7 Å². The molecule has 0 aliphatic heterocycles. The summed E-state index contributed by atoms with van der Waals surface area (Å²) in [6.45, 7) is 5.33. The fraction of sp³-hybridized carbons (Fsp3) is 0.296. The fourth-order valence-corrected chi connectivity index (χ4v) is 5.76. The van der Waals surface area contributed by atoms with Gasteiger partial charge >= 0.3 is 0 Å². The van der Waals surface area contributed by atoms with Gasteiger partial charge in [0.05, 0.1) is 10.4 Å². The Morgan fingerprint density at radius 3 is 2.44 bits per heavy atom. The first-order chi connectivity index (χ1) is 17.3. The molecule has 0 radical (unpaired) electrons. The van der Waals surface area contributed by atoms with E-state index in [-0.39, 0.29) is 0 Å². The van der Waals surface area contributed by atoms with Crippen LogP contribution in [0.1, 0.15) is 6.92 Å². The van der Waals surface area contributed by atoms with Crippen molar-refractivity contribution in [2.45, 2.75) is 11.8 Å². The largest absolute Gasteiger partial charge is 0.383 e. The highest BCUT2D eigenvalue weighted by molar-refractivity contribution is 7.89. The summed E-state index contributed by atoms with van der Waals surface area (Å²) < 4.78 is 29.1. The third-order valence-electron chi connectivity index (χ3n) is 6.25. The monoisotopic (exact) mass is 525 g/mol. The Morgan fingerprint density at radius 2 is 1.67 bits per heavy atom. The van der Waals surface area contributed by atoms with E-state index < -0.39 is 10.0 Å². The molecule has 4 rings (SSSR count). The van der Waals surface area contributed by atoms with Crippen molar-refractivity contribution in [3.05, 3.63) is 71.9 Å². The highest BCUT2D eigenvalue weighted by atomic mass is 35.5. The summed E-state index contributed by atoms with van der Waals surface area (Å²) >= 11 is 6.09. The van der Waals surface area contributed by atoms with Crippen molar-refractivity contribution >= 4 is 54.7 Å². The molecular weight excluding hydrogens is 494 g/mol. The fourth-order valence-electron chi connectivity index (χ4n) is 4.36. The van der Waals surface area contributed by atoms with Crippen LogP contribution in [0.25, 0.3) is 21.7 Å². The zero-order chi connectivity index (χ0) is 25.7. The molecule has 0 saturated carbocycles. The minimum atomic E-state index is -3.65. The summed E-state index contributed by atoms with van der Waals surface area (Å²) in [7, 11) is 0.254. The summed E-state index contributed by atoms with van der Waals surface area (Å²) in [4.78, 5) is 8.88. The average molecular weight is 526 g/mol. The second kappa shape index (κ2) is 11.4. The minimum Gasteiger partial charge on any atom is -0.383 e. The van der Waals surface area contributed by atoms with E-state index in [1.165, 1.54) is 0 Å². The number of fused-ring (bicyclic) bond motifs is 2. The number of rotatable bonds is 11. The van der Waals surface area contributed by atoms with E-state index in [1.807, 2.05) is 67.5 Å². The van der Waals surface area contributed by atoms with Crippen LogP contribution in [0.4, 0.5) is 11.4 Å². The van der Waals surface area contributed by atoms with Crippen LogP contribution in [0.2, 0.25) is 5.02 Å². The van der Waals surface area contributed by atoms with Gasteiger partial charge in [0.15, 0.2) is 0 Å². The summed E-state index contributed by atoms with van der Waals surface area (Å²) in [5.74, 6) is 0. The topological polar surface area (TPSA) is 77.6 Å². The van der Waals surface area contributed by atoms with Gasteiger partial charge in [-0.15, -0.1) is 0 Å². The Morgan fingerprint density at radius 1 is 0.917 bits per heavy atom. The maximum atomic E-state index is 13.2. The van der Waals surface area contributed by atoms with Gasteiger partial charge in [0.2, 0.25) is 10.0 Å². The van der Waals surface area contributed by atoms with Crippen LogP contribution < -0.4 is 14.9 Å². The van der Waals surface area contributed by atoms with Crippen molar-refractivity contribution in [1.29, 1.82) is 0 Å².